The van der Waals surface area contributed by atoms with Gasteiger partial charge in [0.25, 0.3) is 5.91 Å². The third kappa shape index (κ3) is 3.19. The first-order valence-electron chi connectivity index (χ1n) is 6.75. The van der Waals surface area contributed by atoms with Gasteiger partial charge >= 0.3 is 0 Å². The molecule has 2 rings (SSSR count). The Bertz CT molecular complexity index is 446. The van der Waals surface area contributed by atoms with Crippen LogP contribution in [0.5, 0.6) is 0 Å². The van der Waals surface area contributed by atoms with Crippen molar-refractivity contribution in [3.63, 3.8) is 0 Å². The van der Waals surface area contributed by atoms with Crippen LogP contribution in [0.15, 0.2) is 6.07 Å². The van der Waals surface area contributed by atoms with Crippen molar-refractivity contribution in [3.05, 3.63) is 10.9 Å². The minimum absolute atomic E-state index is 0.119. The van der Waals surface area contributed by atoms with Crippen LogP contribution in [0, 0.1) is 0 Å². The highest BCUT2D eigenvalue weighted by Gasteiger charge is 2.23. The molecule has 1 aliphatic heterocycles. The van der Waals surface area contributed by atoms with E-state index in [9.17, 15) is 4.79 Å². The van der Waals surface area contributed by atoms with E-state index in [1.165, 1.54) is 30.7 Å². The predicted molar refractivity (Wildman–Crippen MR) is 80.9 cm³/mol. The first-order valence-corrected chi connectivity index (χ1v) is 7.56. The van der Waals surface area contributed by atoms with E-state index in [1.54, 1.807) is 7.05 Å². The second-order valence-electron chi connectivity index (χ2n) is 4.78. The van der Waals surface area contributed by atoms with Gasteiger partial charge in [0, 0.05) is 19.6 Å². The summed E-state index contributed by atoms with van der Waals surface area (Å²) in [6.45, 7) is 5.41. The molecule has 0 radical (unpaired) electrons. The van der Waals surface area contributed by atoms with Crippen LogP contribution in [-0.2, 0) is 0 Å². The molecule has 1 unspecified atom stereocenters. The summed E-state index contributed by atoms with van der Waals surface area (Å²) in [5.41, 5.74) is 6.40. The zero-order valence-corrected chi connectivity index (χ0v) is 12.3. The van der Waals surface area contributed by atoms with Crippen LogP contribution >= 0.6 is 11.3 Å². The zero-order valence-electron chi connectivity index (χ0n) is 11.5. The molecule has 1 atom stereocenters. The number of nitrogen functional groups attached to an aromatic ring is 1. The highest BCUT2D eigenvalue weighted by Crippen LogP contribution is 2.29. The lowest BCUT2D eigenvalue weighted by atomic mass is 10.2. The number of carbonyl (C=O) groups is 1. The lowest BCUT2D eigenvalue weighted by molar-refractivity contribution is 0.0968. The van der Waals surface area contributed by atoms with Crippen molar-refractivity contribution in [2.45, 2.75) is 25.8 Å². The minimum atomic E-state index is -0.119. The van der Waals surface area contributed by atoms with Crippen LogP contribution in [0.3, 0.4) is 0 Å². The highest BCUT2D eigenvalue weighted by atomic mass is 32.1. The smallest absolute Gasteiger partial charge is 0.263 e. The van der Waals surface area contributed by atoms with Gasteiger partial charge in [0.2, 0.25) is 0 Å². The molecule has 0 bridgehead atoms. The summed E-state index contributed by atoms with van der Waals surface area (Å²) in [5, 5.41) is 6.98. The van der Waals surface area contributed by atoms with Gasteiger partial charge in [0.15, 0.2) is 0 Å². The molecule has 0 spiro atoms. The Morgan fingerprint density at radius 2 is 2.42 bits per heavy atom. The van der Waals surface area contributed by atoms with E-state index < -0.39 is 0 Å². The van der Waals surface area contributed by atoms with Crippen molar-refractivity contribution >= 4 is 27.9 Å². The maximum Gasteiger partial charge on any atom is 0.263 e. The summed E-state index contributed by atoms with van der Waals surface area (Å²) in [5.74, 6) is -0.119. The van der Waals surface area contributed by atoms with E-state index in [-0.39, 0.29) is 5.91 Å². The van der Waals surface area contributed by atoms with Gasteiger partial charge in [-0.2, -0.15) is 0 Å². The van der Waals surface area contributed by atoms with E-state index in [2.05, 4.69) is 22.5 Å². The molecule has 1 aromatic rings. The normalized spacial score (nSPS) is 19.6. The lowest BCUT2D eigenvalue weighted by Crippen LogP contribution is -2.34. The fourth-order valence-electron chi connectivity index (χ4n) is 2.54. The number of thiophene rings is 1. The van der Waals surface area contributed by atoms with Gasteiger partial charge in [-0.3, -0.25) is 9.69 Å². The highest BCUT2D eigenvalue weighted by molar-refractivity contribution is 7.18. The van der Waals surface area contributed by atoms with Crippen molar-refractivity contribution in [2.75, 3.05) is 37.7 Å². The molecule has 0 aliphatic carbocycles. The van der Waals surface area contributed by atoms with E-state index in [4.69, 9.17) is 5.73 Å². The number of likely N-dealkylation sites (tertiary alicyclic amines) is 1. The second-order valence-corrected chi connectivity index (χ2v) is 5.83. The summed E-state index contributed by atoms with van der Waals surface area (Å²) in [6, 6.07) is 2.44. The fourth-order valence-corrected chi connectivity index (χ4v) is 3.48. The van der Waals surface area contributed by atoms with Crippen molar-refractivity contribution in [1.29, 1.82) is 0 Å². The maximum atomic E-state index is 11.6. The summed E-state index contributed by atoms with van der Waals surface area (Å²) in [6.07, 6.45) is 2.51. The molecular formula is C13H22N4OS. The van der Waals surface area contributed by atoms with Gasteiger partial charge in [-0.15, -0.1) is 11.3 Å². The predicted octanol–water partition coefficient (Wildman–Crippen LogP) is 1.59. The summed E-state index contributed by atoms with van der Waals surface area (Å²) in [7, 11) is 1.62. The zero-order chi connectivity index (χ0) is 13.8. The number of amides is 1. The number of hydrogen-bond acceptors (Lipinski definition) is 5. The Kier molecular flexibility index (Phi) is 4.66. The molecule has 5 nitrogen and oxygen atoms in total. The molecule has 1 fully saturated rings. The first-order chi connectivity index (χ1) is 9.15. The van der Waals surface area contributed by atoms with Crippen molar-refractivity contribution in [3.8, 4) is 0 Å². The van der Waals surface area contributed by atoms with E-state index in [0.717, 1.165) is 18.1 Å². The molecule has 4 N–H and O–H groups in total. The second kappa shape index (κ2) is 6.25. The molecule has 0 saturated carbocycles. The largest absolute Gasteiger partial charge is 0.397 e. The summed E-state index contributed by atoms with van der Waals surface area (Å²) >= 11 is 1.42. The van der Waals surface area contributed by atoms with Crippen LogP contribution in [0.25, 0.3) is 0 Å². The van der Waals surface area contributed by atoms with Crippen LogP contribution in [-0.4, -0.2) is 43.5 Å². The number of nitrogens with two attached hydrogens (primary N) is 1. The average molecular weight is 282 g/mol. The quantitative estimate of drug-likeness (QED) is 0.767. The number of nitrogens with zero attached hydrogens (tertiary/aromatic N) is 1. The van der Waals surface area contributed by atoms with Crippen molar-refractivity contribution in [2.24, 2.45) is 0 Å². The number of hydrogen-bond donors (Lipinski definition) is 3. The average Bonchev–Trinajstić information content (AvgIpc) is 3.01. The molecule has 6 heteroatoms. The molecule has 0 aromatic carbocycles. The Morgan fingerprint density at radius 1 is 1.63 bits per heavy atom. The number of likely N-dealkylation sites (N-methyl/N-ethyl adjacent to an activating group) is 1. The van der Waals surface area contributed by atoms with Crippen LogP contribution in [0.2, 0.25) is 0 Å². The van der Waals surface area contributed by atoms with Gasteiger partial charge in [-0.25, -0.2) is 0 Å². The maximum absolute atomic E-state index is 11.6. The van der Waals surface area contributed by atoms with Gasteiger partial charge in [-0.05, 0) is 32.0 Å². The van der Waals surface area contributed by atoms with Crippen molar-refractivity contribution < 1.29 is 4.79 Å². The topological polar surface area (TPSA) is 70.4 Å². The summed E-state index contributed by atoms with van der Waals surface area (Å²) < 4.78 is 0. The standard InChI is InChI=1S/C13H22N4OS/c1-3-17-6-4-5-9(17)8-16-11-7-10(14)12(19-11)13(18)15-2/h7,9,16H,3-6,8,14H2,1-2H3,(H,15,18). The Morgan fingerprint density at radius 3 is 3.11 bits per heavy atom. The molecular weight excluding hydrogens is 260 g/mol. The number of nitrogens with one attached hydrogen (secondary N) is 2. The van der Waals surface area contributed by atoms with Crippen LogP contribution in [0.4, 0.5) is 10.7 Å². The molecule has 1 aromatic heterocycles. The Hall–Kier alpha value is -1.27. The summed E-state index contributed by atoms with van der Waals surface area (Å²) in [4.78, 5) is 14.7. The number of anilines is 2. The molecule has 19 heavy (non-hydrogen) atoms. The molecule has 1 amide bonds. The Labute approximate surface area is 118 Å². The van der Waals surface area contributed by atoms with Crippen LogP contribution < -0.4 is 16.4 Å². The van der Waals surface area contributed by atoms with Gasteiger partial charge in [0.1, 0.15) is 4.88 Å². The molecule has 2 heterocycles. The van der Waals surface area contributed by atoms with E-state index in [0.29, 0.717) is 16.6 Å². The minimum Gasteiger partial charge on any atom is -0.397 e. The molecule has 1 saturated heterocycles. The number of carbonyl (C=O) groups excluding carboxylic acids is 1. The van der Waals surface area contributed by atoms with E-state index >= 15 is 0 Å². The fraction of sp³-hybridized carbons (Fsp3) is 0.615. The third-order valence-electron chi connectivity index (χ3n) is 3.61. The SMILES string of the molecule is CCN1CCCC1CNc1cc(N)c(C(=O)NC)s1. The Balaban J connectivity index is 1.95. The lowest BCUT2D eigenvalue weighted by Gasteiger charge is -2.22. The van der Waals surface area contributed by atoms with Gasteiger partial charge < -0.3 is 16.4 Å². The molecule has 106 valence electrons. The first kappa shape index (κ1) is 14.1. The van der Waals surface area contributed by atoms with E-state index in [1.807, 2.05) is 6.07 Å². The van der Waals surface area contributed by atoms with Crippen LogP contribution in [0.1, 0.15) is 29.4 Å². The number of rotatable bonds is 5. The van der Waals surface area contributed by atoms with Crippen molar-refractivity contribution in [1.82, 2.24) is 10.2 Å². The van der Waals surface area contributed by atoms with Gasteiger partial charge in [-0.1, -0.05) is 6.92 Å². The molecule has 1 aliphatic rings. The third-order valence-corrected chi connectivity index (χ3v) is 4.72. The van der Waals surface area contributed by atoms with Gasteiger partial charge in [0.05, 0.1) is 10.7 Å². The monoisotopic (exact) mass is 282 g/mol.